The van der Waals surface area contributed by atoms with Crippen LogP contribution in [0, 0.1) is 12.8 Å². The number of carbonyl (C=O) groups excluding carboxylic acids is 3. The van der Waals surface area contributed by atoms with Crippen LogP contribution in [-0.2, 0) is 23.8 Å². The molecule has 0 saturated heterocycles. The van der Waals surface area contributed by atoms with E-state index in [0.717, 1.165) is 14.2 Å². The summed E-state index contributed by atoms with van der Waals surface area (Å²) in [7, 11) is 2.25. The number of esters is 2. The SMILES string of the molecule is COC(=O)C(C(=O)OC)[C@@H](c1ccccc1)c1c(C)n(C(=O)OC(C)(C)C)oc1=O. The molecule has 0 saturated carbocycles. The van der Waals surface area contributed by atoms with E-state index in [1.54, 1.807) is 51.1 Å². The van der Waals surface area contributed by atoms with Crippen molar-refractivity contribution >= 4 is 18.0 Å². The first kappa shape index (κ1) is 22.9. The highest BCUT2D eigenvalue weighted by Crippen LogP contribution is 2.34. The first-order valence-corrected chi connectivity index (χ1v) is 9.18. The lowest BCUT2D eigenvalue weighted by Gasteiger charge is -2.23. The van der Waals surface area contributed by atoms with Crippen LogP contribution in [-0.4, -0.2) is 42.6 Å². The Balaban J connectivity index is 2.72. The van der Waals surface area contributed by atoms with E-state index < -0.39 is 41.1 Å². The largest absolute Gasteiger partial charge is 0.468 e. The van der Waals surface area contributed by atoms with Gasteiger partial charge in [-0.3, -0.25) is 9.59 Å². The van der Waals surface area contributed by atoms with Crippen LogP contribution in [0.2, 0.25) is 0 Å². The number of rotatable bonds is 5. The van der Waals surface area contributed by atoms with Gasteiger partial charge in [-0.05, 0) is 33.3 Å². The summed E-state index contributed by atoms with van der Waals surface area (Å²) in [6.07, 6.45) is -0.900. The number of hydrogen-bond acceptors (Lipinski definition) is 8. The minimum Gasteiger partial charge on any atom is -0.468 e. The summed E-state index contributed by atoms with van der Waals surface area (Å²) in [5.41, 5.74) is -1.19. The molecule has 0 unspecified atom stereocenters. The van der Waals surface area contributed by atoms with E-state index in [1.807, 2.05) is 0 Å². The zero-order valence-electron chi connectivity index (χ0n) is 17.8. The van der Waals surface area contributed by atoms with Crippen molar-refractivity contribution < 1.29 is 33.1 Å². The number of hydrogen-bond donors (Lipinski definition) is 0. The van der Waals surface area contributed by atoms with Crippen LogP contribution in [0.4, 0.5) is 4.79 Å². The summed E-state index contributed by atoms with van der Waals surface area (Å²) >= 11 is 0. The Morgan fingerprint density at radius 3 is 2.00 bits per heavy atom. The van der Waals surface area contributed by atoms with Gasteiger partial charge in [-0.1, -0.05) is 30.3 Å². The van der Waals surface area contributed by atoms with Gasteiger partial charge in [0.1, 0.15) is 5.60 Å². The van der Waals surface area contributed by atoms with Gasteiger partial charge in [0.05, 0.1) is 25.5 Å². The van der Waals surface area contributed by atoms with Gasteiger partial charge in [-0.15, -0.1) is 4.74 Å². The first-order valence-electron chi connectivity index (χ1n) is 9.18. The smallest absolute Gasteiger partial charge is 0.448 e. The minimum absolute atomic E-state index is 0.0483. The maximum absolute atomic E-state index is 12.8. The van der Waals surface area contributed by atoms with E-state index in [9.17, 15) is 19.2 Å². The third-order valence-corrected chi connectivity index (χ3v) is 4.36. The zero-order chi connectivity index (χ0) is 22.6. The lowest BCUT2D eigenvalue weighted by atomic mass is 9.80. The van der Waals surface area contributed by atoms with E-state index in [0.29, 0.717) is 10.3 Å². The summed E-state index contributed by atoms with van der Waals surface area (Å²) in [4.78, 5) is 50.2. The molecular weight excluding hydrogens is 394 g/mol. The van der Waals surface area contributed by atoms with Gasteiger partial charge < -0.3 is 18.7 Å². The van der Waals surface area contributed by atoms with Gasteiger partial charge >= 0.3 is 23.7 Å². The topological polar surface area (TPSA) is 114 Å². The minimum atomic E-state index is -1.49. The molecule has 0 fully saturated rings. The average Bonchev–Trinajstić information content (AvgIpc) is 2.98. The Bertz CT molecular complexity index is 965. The van der Waals surface area contributed by atoms with E-state index in [4.69, 9.17) is 18.7 Å². The predicted molar refractivity (Wildman–Crippen MR) is 105 cm³/mol. The van der Waals surface area contributed by atoms with Gasteiger partial charge in [-0.25, -0.2) is 9.59 Å². The van der Waals surface area contributed by atoms with Gasteiger partial charge in [-0.2, -0.15) is 0 Å². The van der Waals surface area contributed by atoms with Crippen molar-refractivity contribution in [2.45, 2.75) is 39.2 Å². The maximum Gasteiger partial charge on any atom is 0.448 e. The molecule has 2 aromatic rings. The molecule has 162 valence electrons. The van der Waals surface area contributed by atoms with Gasteiger partial charge in [0.2, 0.25) is 0 Å². The molecule has 9 heteroatoms. The van der Waals surface area contributed by atoms with Gasteiger partial charge in [0.25, 0.3) is 0 Å². The van der Waals surface area contributed by atoms with Crippen molar-refractivity contribution in [2.75, 3.05) is 14.2 Å². The summed E-state index contributed by atoms with van der Waals surface area (Å²) in [6.45, 7) is 6.46. The summed E-state index contributed by atoms with van der Waals surface area (Å²) in [5.74, 6) is -4.37. The lowest BCUT2D eigenvalue weighted by Crippen LogP contribution is -2.34. The maximum atomic E-state index is 12.8. The second-order valence-corrected chi connectivity index (χ2v) is 7.56. The highest BCUT2D eigenvalue weighted by molar-refractivity contribution is 5.96. The second-order valence-electron chi connectivity index (χ2n) is 7.56. The van der Waals surface area contributed by atoms with Crippen molar-refractivity contribution in [3.05, 3.63) is 57.6 Å². The monoisotopic (exact) mass is 419 g/mol. The summed E-state index contributed by atoms with van der Waals surface area (Å²) in [5, 5.41) is 0. The van der Waals surface area contributed by atoms with Crippen molar-refractivity contribution in [1.82, 2.24) is 4.74 Å². The van der Waals surface area contributed by atoms with Crippen molar-refractivity contribution in [3.8, 4) is 0 Å². The molecule has 2 rings (SSSR count). The standard InChI is InChI=1S/C21H25NO8/c1-12-14(19(25)30-22(12)20(26)29-21(2,3)4)15(13-10-8-7-9-11-13)16(17(23)27-5)18(24)28-6/h7-11,15-16H,1-6H3/t15-/m0/s1. The molecule has 30 heavy (non-hydrogen) atoms. The first-order chi connectivity index (χ1) is 14.0. The third kappa shape index (κ3) is 4.79. The highest BCUT2D eigenvalue weighted by Gasteiger charge is 2.43. The number of aromatic nitrogens is 1. The molecule has 1 atom stereocenters. The molecular formula is C21H25NO8. The molecule has 1 aromatic heterocycles. The highest BCUT2D eigenvalue weighted by atomic mass is 16.6. The summed E-state index contributed by atoms with van der Waals surface area (Å²) in [6, 6.07) is 8.42. The van der Waals surface area contributed by atoms with Crippen LogP contribution in [0.1, 0.15) is 43.5 Å². The quantitative estimate of drug-likeness (QED) is 0.413. The Kier molecular flexibility index (Phi) is 6.86. The molecule has 0 radical (unpaired) electrons. The Labute approximate surface area is 173 Å². The fourth-order valence-corrected chi connectivity index (χ4v) is 3.10. The van der Waals surface area contributed by atoms with Crippen LogP contribution in [0.3, 0.4) is 0 Å². The molecule has 0 bridgehead atoms. The Hall–Kier alpha value is -3.36. The van der Waals surface area contributed by atoms with E-state index in [-0.39, 0.29) is 11.3 Å². The fraction of sp³-hybridized carbons (Fsp3) is 0.429. The molecule has 0 aliphatic rings. The number of methoxy groups -OCH3 is 2. The number of ether oxygens (including phenoxy) is 3. The van der Waals surface area contributed by atoms with E-state index in [1.165, 1.54) is 6.92 Å². The molecule has 1 heterocycles. The van der Waals surface area contributed by atoms with E-state index in [2.05, 4.69) is 0 Å². The molecule has 0 spiro atoms. The summed E-state index contributed by atoms with van der Waals surface area (Å²) < 4.78 is 20.7. The average molecular weight is 419 g/mol. The Morgan fingerprint density at radius 1 is 1.00 bits per heavy atom. The van der Waals surface area contributed by atoms with E-state index >= 15 is 0 Å². The number of nitrogens with zero attached hydrogens (tertiary/aromatic N) is 1. The van der Waals surface area contributed by atoms with Gasteiger partial charge in [0, 0.05) is 5.92 Å². The normalized spacial score (nSPS) is 12.4. The van der Waals surface area contributed by atoms with Crippen LogP contribution in [0.25, 0.3) is 0 Å². The second kappa shape index (κ2) is 8.98. The van der Waals surface area contributed by atoms with Crippen LogP contribution in [0.15, 0.2) is 39.6 Å². The Morgan fingerprint density at radius 2 is 1.53 bits per heavy atom. The third-order valence-electron chi connectivity index (χ3n) is 4.36. The molecule has 0 aliphatic heterocycles. The molecule has 1 aromatic carbocycles. The molecule has 9 nitrogen and oxygen atoms in total. The van der Waals surface area contributed by atoms with Crippen LogP contribution in [0.5, 0.6) is 0 Å². The van der Waals surface area contributed by atoms with Gasteiger partial charge in [0.15, 0.2) is 5.92 Å². The van der Waals surface area contributed by atoms with Crippen molar-refractivity contribution in [1.29, 1.82) is 0 Å². The molecule has 0 N–H and O–H groups in total. The number of carbonyl (C=O) groups is 3. The number of benzene rings is 1. The molecule has 0 aliphatic carbocycles. The van der Waals surface area contributed by atoms with Crippen LogP contribution >= 0.6 is 0 Å². The zero-order valence-corrected chi connectivity index (χ0v) is 17.8. The fourth-order valence-electron chi connectivity index (χ4n) is 3.10. The predicted octanol–water partition coefficient (Wildman–Crippen LogP) is 2.63. The van der Waals surface area contributed by atoms with Crippen molar-refractivity contribution in [2.24, 2.45) is 5.92 Å². The lowest BCUT2D eigenvalue weighted by molar-refractivity contribution is -0.159. The van der Waals surface area contributed by atoms with Crippen LogP contribution < -0.4 is 5.63 Å². The van der Waals surface area contributed by atoms with Crippen molar-refractivity contribution in [3.63, 3.8) is 0 Å². The molecule has 0 amide bonds.